The van der Waals surface area contributed by atoms with E-state index in [1.807, 2.05) is 37.3 Å². The Bertz CT molecular complexity index is 3350. The van der Waals surface area contributed by atoms with Crippen LogP contribution in [0.2, 0.25) is 0 Å². The van der Waals surface area contributed by atoms with E-state index in [2.05, 4.69) is 36.9 Å². The molecule has 0 unspecified atom stereocenters. The maximum absolute atomic E-state index is 14.0. The average molecular weight is 1230 g/mol. The Morgan fingerprint density at radius 3 is 1.89 bits per heavy atom. The molecule has 5 atom stereocenters. The summed E-state index contributed by atoms with van der Waals surface area (Å²) in [6.45, 7) is 1.18. The number of amides is 5. The molecule has 0 aromatic heterocycles. The number of phenols is 3. The van der Waals surface area contributed by atoms with Crippen molar-refractivity contribution in [2.45, 2.75) is 108 Å². The standard InChI is InChI=1S/C63H74N10O14S/c1-36(29-38-11-15-41(75)16-12-38)30-52(79)50(22-13-37-7-3-2-4-8-37)72-56(81)24-23-51(78)48(9-6-27-68-61(66)85)73-58(83)39(35-74)31-53(80)49(10-5-26-67-60(64)65)71-57(82)25-28-69-62(88)70-40-14-19-45-44(32-40)59(84)87-63(45)46-20-17-42(76)33-54(46)86-55-34-43(77)18-21-47(55)63/h2-4,7-8,11-12,14-21,32-34,36,39,48-50,74-77H,5-6,9-10,13,22-31,35H2,1H3,(H,71,82)(H,72,81)(H,73,83)(H4,64,65,67)(H3,66,68,85)(H2,69,70,88)/t36-,39+,48+,49+,50+/m1/s1. The van der Waals surface area contributed by atoms with Crippen LogP contribution in [0.5, 0.6) is 28.7 Å². The zero-order valence-corrected chi connectivity index (χ0v) is 49.4. The average Bonchev–Trinajstić information content (AvgIpc) is 1.57. The van der Waals surface area contributed by atoms with Gasteiger partial charge in [-0.3, -0.25) is 33.8 Å². The second-order valence-electron chi connectivity index (χ2n) is 21.8. The van der Waals surface area contributed by atoms with Gasteiger partial charge >= 0.3 is 12.0 Å². The maximum atomic E-state index is 14.0. The summed E-state index contributed by atoms with van der Waals surface area (Å²) in [5.41, 5.74) is 18.6. The van der Waals surface area contributed by atoms with E-state index >= 15 is 0 Å². The second-order valence-corrected chi connectivity index (χ2v) is 22.2. The van der Waals surface area contributed by atoms with Crippen molar-refractivity contribution in [2.24, 2.45) is 34.0 Å². The van der Waals surface area contributed by atoms with Gasteiger partial charge in [0.2, 0.25) is 17.7 Å². The molecule has 0 fully saturated rings. The van der Waals surface area contributed by atoms with Crippen molar-refractivity contribution in [1.29, 1.82) is 0 Å². The molecule has 2 aliphatic rings. The topological polar surface area (TPSA) is 399 Å². The Morgan fingerprint density at radius 2 is 1.24 bits per heavy atom. The zero-order chi connectivity index (χ0) is 63.5. The number of nitrogens with two attached hydrogens (primary N) is 3. The summed E-state index contributed by atoms with van der Waals surface area (Å²) < 4.78 is 12.2. The minimum Gasteiger partial charge on any atom is -0.508 e. The number of aryl methyl sites for hydroxylation is 1. The van der Waals surface area contributed by atoms with Crippen molar-refractivity contribution in [1.82, 2.24) is 26.6 Å². The van der Waals surface area contributed by atoms with Crippen LogP contribution in [0.15, 0.2) is 114 Å². The number of aliphatic hydroxyl groups excluding tert-OH is 1. The largest absolute Gasteiger partial charge is 0.508 e. The number of rotatable bonds is 32. The van der Waals surface area contributed by atoms with Gasteiger partial charge in [0.05, 0.1) is 36.2 Å². The number of Topliss-reactive ketones (excluding diaryl/α,β-unsaturated/α-hetero) is 3. The molecule has 24 nitrogen and oxygen atoms in total. The molecule has 25 heteroatoms. The predicted octanol–water partition coefficient (Wildman–Crippen LogP) is 4.39. The SMILES string of the molecule is C[C@@H](CC(=O)[C@H](CCc1ccccc1)NC(=O)CCC(=O)[C@H](CCCNC(N)=O)NC(=O)[C@H](CO)CC(=O)[C@H](CCCN=C(N)N)NC(=O)CCNC(=S)Nc1ccc2c(c1)C(=O)OC21c2ccc(O)cc2Oc2cc(O)ccc21)Cc1ccc(O)cc1. The van der Waals surface area contributed by atoms with Crippen LogP contribution >= 0.6 is 12.2 Å². The Hall–Kier alpha value is -9.62. The van der Waals surface area contributed by atoms with E-state index in [9.17, 15) is 58.8 Å². The van der Waals surface area contributed by atoms with E-state index in [4.69, 9.17) is 38.9 Å². The number of guanidine groups is 1. The molecule has 0 saturated carbocycles. The van der Waals surface area contributed by atoms with Gasteiger partial charge in [-0.05, 0) is 123 Å². The third-order valence-electron chi connectivity index (χ3n) is 15.0. The molecule has 2 heterocycles. The number of nitrogens with one attached hydrogen (secondary N) is 6. The molecule has 0 saturated heterocycles. The van der Waals surface area contributed by atoms with E-state index in [1.54, 1.807) is 54.6 Å². The first kappa shape index (κ1) is 65.9. The first-order valence-electron chi connectivity index (χ1n) is 28.9. The van der Waals surface area contributed by atoms with E-state index in [-0.39, 0.29) is 128 Å². The lowest BCUT2D eigenvalue weighted by molar-refractivity contribution is -0.135. The van der Waals surface area contributed by atoms with Crippen LogP contribution in [0.3, 0.4) is 0 Å². The van der Waals surface area contributed by atoms with E-state index in [1.165, 1.54) is 24.3 Å². The summed E-state index contributed by atoms with van der Waals surface area (Å²) in [7, 11) is 0. The number of benzene rings is 5. The number of aliphatic imine (C=N–C) groups is 1. The van der Waals surface area contributed by atoms with Gasteiger partial charge in [0.1, 0.15) is 28.7 Å². The van der Waals surface area contributed by atoms with Crippen LogP contribution in [0, 0.1) is 11.8 Å². The van der Waals surface area contributed by atoms with Gasteiger partial charge in [-0.15, -0.1) is 0 Å². The van der Waals surface area contributed by atoms with Crippen LogP contribution in [0.25, 0.3) is 0 Å². The highest BCUT2D eigenvalue weighted by Gasteiger charge is 2.54. The molecule has 0 bridgehead atoms. The fourth-order valence-electron chi connectivity index (χ4n) is 10.6. The van der Waals surface area contributed by atoms with E-state index in [0.717, 1.165) is 11.1 Å². The number of hydrogen-bond donors (Lipinski definition) is 13. The maximum Gasteiger partial charge on any atom is 0.340 e. The van der Waals surface area contributed by atoms with Crippen molar-refractivity contribution in [3.63, 3.8) is 0 Å². The third-order valence-corrected chi connectivity index (χ3v) is 15.3. The number of aromatic hydroxyl groups is 3. The van der Waals surface area contributed by atoms with Crippen LogP contribution in [-0.4, -0.2) is 123 Å². The van der Waals surface area contributed by atoms with Gasteiger partial charge in [-0.1, -0.05) is 55.5 Å². The number of primary amides is 1. The summed E-state index contributed by atoms with van der Waals surface area (Å²) in [4.78, 5) is 112. The molecule has 5 aromatic rings. The number of hydrogen-bond acceptors (Lipinski definition) is 16. The normalized spacial score (nSPS) is 14.1. The molecule has 1 spiro atoms. The third kappa shape index (κ3) is 18.2. The molecule has 5 amide bonds. The number of fused-ring (bicyclic) bond motifs is 6. The first-order chi connectivity index (χ1) is 42.1. The zero-order valence-electron chi connectivity index (χ0n) is 48.6. The Balaban J connectivity index is 0.942. The minimum atomic E-state index is -1.48. The summed E-state index contributed by atoms with van der Waals surface area (Å²) in [5, 5.41) is 57.3. The summed E-state index contributed by atoms with van der Waals surface area (Å²) in [5.74, 6) is -5.39. The van der Waals surface area contributed by atoms with E-state index < -0.39 is 84.0 Å². The highest BCUT2D eigenvalue weighted by atomic mass is 32.1. The molecular formula is C63H74N10O14S. The molecule has 88 heavy (non-hydrogen) atoms. The predicted molar refractivity (Wildman–Crippen MR) is 329 cm³/mol. The van der Waals surface area contributed by atoms with Crippen molar-refractivity contribution in [2.75, 3.05) is 31.6 Å². The molecule has 16 N–H and O–H groups in total. The molecular weight excluding hydrogens is 1150 g/mol. The monoisotopic (exact) mass is 1230 g/mol. The van der Waals surface area contributed by atoms with Gasteiger partial charge in [-0.2, -0.15) is 0 Å². The number of phenolic OH excluding ortho intramolecular Hbond substituents is 3. The fourth-order valence-corrected chi connectivity index (χ4v) is 10.8. The fraction of sp³-hybridized carbons (Fsp3) is 0.365. The summed E-state index contributed by atoms with van der Waals surface area (Å²) in [6, 6.07) is 25.8. The summed E-state index contributed by atoms with van der Waals surface area (Å²) >= 11 is 5.53. The smallest absolute Gasteiger partial charge is 0.340 e. The van der Waals surface area contributed by atoms with Gasteiger partial charge in [0.15, 0.2) is 34.0 Å². The minimum absolute atomic E-state index is 0.0271. The number of nitrogens with zero attached hydrogens (tertiary/aromatic N) is 1. The Labute approximate surface area is 513 Å². The van der Waals surface area contributed by atoms with Crippen LogP contribution < -0.4 is 53.8 Å². The molecule has 0 aliphatic carbocycles. The van der Waals surface area contributed by atoms with Crippen LogP contribution in [0.1, 0.15) is 109 Å². The lowest BCUT2D eigenvalue weighted by atomic mass is 9.77. The number of esters is 1. The van der Waals surface area contributed by atoms with Gasteiger partial charge in [0.25, 0.3) is 0 Å². The van der Waals surface area contributed by atoms with E-state index in [0.29, 0.717) is 41.6 Å². The summed E-state index contributed by atoms with van der Waals surface area (Å²) in [6.07, 6.45) is 0.365. The number of carbonyl (C=O) groups is 8. The number of thiocarbonyl (C=S) groups is 1. The number of aliphatic hydroxyl groups is 1. The molecule has 5 aromatic carbocycles. The van der Waals surface area contributed by atoms with Crippen molar-refractivity contribution < 1.29 is 68.3 Å². The highest BCUT2D eigenvalue weighted by Crippen LogP contribution is 2.57. The number of ether oxygens (including phenoxy) is 2. The second kappa shape index (κ2) is 31.2. The quantitative estimate of drug-likeness (QED) is 0.00933. The lowest BCUT2D eigenvalue weighted by Crippen LogP contribution is -2.47. The molecule has 7 rings (SSSR count). The number of anilines is 1. The van der Waals surface area contributed by atoms with Gasteiger partial charge < -0.3 is 79.0 Å². The van der Waals surface area contributed by atoms with Crippen molar-refractivity contribution in [3.05, 3.63) is 143 Å². The number of carbonyl (C=O) groups excluding carboxylic acids is 8. The van der Waals surface area contributed by atoms with Crippen LogP contribution in [-0.2, 0) is 51.9 Å². The molecule has 466 valence electrons. The highest BCUT2D eigenvalue weighted by molar-refractivity contribution is 7.80. The molecule has 0 radical (unpaired) electrons. The van der Waals surface area contributed by atoms with Crippen LogP contribution in [0.4, 0.5) is 10.5 Å². The van der Waals surface area contributed by atoms with Gasteiger partial charge in [-0.25, -0.2) is 9.59 Å². The number of ketones is 3. The lowest BCUT2D eigenvalue weighted by Gasteiger charge is -2.36. The van der Waals surface area contributed by atoms with Gasteiger partial charge in [0, 0.05) is 86.2 Å². The molecule has 2 aliphatic heterocycles. The Morgan fingerprint density at radius 1 is 0.636 bits per heavy atom. The number of urea groups is 1. The van der Waals surface area contributed by atoms with Crippen molar-refractivity contribution in [3.8, 4) is 28.7 Å². The Kier molecular flexibility index (Phi) is 23.3. The first-order valence-corrected chi connectivity index (χ1v) is 29.3. The van der Waals surface area contributed by atoms with Crippen molar-refractivity contribution >= 4 is 76.0 Å².